The van der Waals surface area contributed by atoms with Crippen LogP contribution in [0.3, 0.4) is 0 Å². The summed E-state index contributed by atoms with van der Waals surface area (Å²) in [5.74, 6) is 2.86. The molecule has 4 rings (SSSR count). The molecule has 1 aromatic carbocycles. The maximum atomic E-state index is 3.46. The Morgan fingerprint density at radius 1 is 1.40 bits per heavy atom. The van der Waals surface area contributed by atoms with Gasteiger partial charge in [0, 0.05) is 35.6 Å². The normalized spacial score (nSPS) is 29.6. The predicted molar refractivity (Wildman–Crippen MR) is 87.7 cm³/mol. The van der Waals surface area contributed by atoms with Crippen molar-refractivity contribution in [3.8, 4) is 0 Å². The molecule has 0 unspecified atom stereocenters. The molecule has 0 saturated carbocycles. The van der Waals surface area contributed by atoms with Crippen LogP contribution < -0.4 is 0 Å². The zero-order chi connectivity index (χ0) is 13.7. The fraction of sp³-hybridized carbons (Fsp3) is 0.529. The number of H-pyrrole nitrogens is 1. The van der Waals surface area contributed by atoms with E-state index in [4.69, 9.17) is 0 Å². The van der Waals surface area contributed by atoms with Gasteiger partial charge < -0.3 is 9.88 Å². The van der Waals surface area contributed by atoms with Crippen LogP contribution in [0.5, 0.6) is 0 Å². The van der Waals surface area contributed by atoms with Crippen molar-refractivity contribution >= 4 is 22.7 Å². The number of aromatic nitrogens is 1. The van der Waals surface area contributed by atoms with E-state index in [0.717, 1.165) is 11.8 Å². The van der Waals surface area contributed by atoms with Gasteiger partial charge >= 0.3 is 0 Å². The van der Waals surface area contributed by atoms with E-state index in [1.54, 1.807) is 5.56 Å². The highest BCUT2D eigenvalue weighted by Crippen LogP contribution is 2.44. The Balaban J connectivity index is 1.79. The van der Waals surface area contributed by atoms with Crippen molar-refractivity contribution in [2.75, 3.05) is 25.6 Å². The van der Waals surface area contributed by atoms with Crippen molar-refractivity contribution in [1.29, 1.82) is 0 Å². The van der Waals surface area contributed by atoms with Crippen LogP contribution in [0.4, 0.5) is 0 Å². The molecule has 2 aliphatic rings. The average molecular weight is 286 g/mol. The molecule has 0 radical (unpaired) electrons. The molecule has 2 nitrogen and oxygen atoms in total. The van der Waals surface area contributed by atoms with E-state index in [2.05, 4.69) is 47.6 Å². The fourth-order valence-electron chi connectivity index (χ4n) is 4.41. The van der Waals surface area contributed by atoms with Crippen molar-refractivity contribution in [1.82, 2.24) is 9.88 Å². The third kappa shape index (κ3) is 1.83. The zero-order valence-electron chi connectivity index (χ0n) is 12.2. The third-order valence-corrected chi connectivity index (χ3v) is 6.02. The summed E-state index contributed by atoms with van der Waals surface area (Å²) in [7, 11) is 2.32. The number of likely N-dealkylation sites (N-methyl/N-ethyl adjacent to an activating group) is 1. The summed E-state index contributed by atoms with van der Waals surface area (Å²) in [5, 5.41) is 1.52. The van der Waals surface area contributed by atoms with Crippen LogP contribution in [0.1, 0.15) is 23.5 Å². The number of hydrogen-bond acceptors (Lipinski definition) is 2. The number of nitrogens with zero attached hydrogens (tertiary/aromatic N) is 1. The molecule has 0 bridgehead atoms. The molecule has 0 amide bonds. The summed E-state index contributed by atoms with van der Waals surface area (Å²) < 4.78 is 0. The lowest BCUT2D eigenvalue weighted by Crippen LogP contribution is -2.48. The van der Waals surface area contributed by atoms with Gasteiger partial charge in [-0.1, -0.05) is 12.1 Å². The number of likely N-dealkylation sites (tertiary alicyclic amines) is 1. The Morgan fingerprint density at radius 3 is 3.15 bits per heavy atom. The van der Waals surface area contributed by atoms with Gasteiger partial charge in [-0.15, -0.1) is 0 Å². The van der Waals surface area contributed by atoms with Crippen molar-refractivity contribution in [3.63, 3.8) is 0 Å². The van der Waals surface area contributed by atoms with Crippen molar-refractivity contribution in [2.24, 2.45) is 5.92 Å². The molecule has 1 saturated heterocycles. The van der Waals surface area contributed by atoms with Crippen LogP contribution in [0.25, 0.3) is 10.9 Å². The number of hydrogen-bond donors (Lipinski definition) is 1. The number of nitrogens with one attached hydrogen (secondary N) is 1. The average Bonchev–Trinajstić information content (AvgIpc) is 2.86. The molecule has 1 aliphatic heterocycles. The second kappa shape index (κ2) is 4.81. The summed E-state index contributed by atoms with van der Waals surface area (Å²) in [6.45, 7) is 1.26. The summed E-state index contributed by atoms with van der Waals surface area (Å²) in [6.07, 6.45) is 7.04. The molecule has 1 N–H and O–H groups in total. The number of aromatic amines is 1. The monoisotopic (exact) mass is 286 g/mol. The quantitative estimate of drug-likeness (QED) is 0.911. The van der Waals surface area contributed by atoms with E-state index in [1.807, 2.05) is 11.8 Å². The highest BCUT2D eigenvalue weighted by atomic mass is 32.2. The van der Waals surface area contributed by atoms with E-state index in [-0.39, 0.29) is 0 Å². The Morgan fingerprint density at radius 2 is 2.30 bits per heavy atom. The second-order valence-electron chi connectivity index (χ2n) is 6.46. The first-order valence-electron chi connectivity index (χ1n) is 7.56. The SMILES string of the molecule is CSC[C@@H]1C[C@@H]2c3cccc4[nH]cc(c34)C[C@H]2N(C)C1. The first kappa shape index (κ1) is 12.8. The molecule has 1 aromatic heterocycles. The van der Waals surface area contributed by atoms with Crippen molar-refractivity contribution < 1.29 is 0 Å². The van der Waals surface area contributed by atoms with Gasteiger partial charge in [-0.05, 0) is 55.0 Å². The Bertz CT molecular complexity index is 633. The molecular weight excluding hydrogens is 264 g/mol. The highest BCUT2D eigenvalue weighted by Gasteiger charge is 2.38. The Labute approximate surface area is 124 Å². The summed E-state index contributed by atoms with van der Waals surface area (Å²) in [4.78, 5) is 6.07. The van der Waals surface area contributed by atoms with Gasteiger partial charge in [0.1, 0.15) is 0 Å². The van der Waals surface area contributed by atoms with Gasteiger partial charge in [0.05, 0.1) is 0 Å². The third-order valence-electron chi connectivity index (χ3n) is 5.21. The van der Waals surface area contributed by atoms with E-state index in [1.165, 1.54) is 41.6 Å². The molecule has 2 heterocycles. The maximum Gasteiger partial charge on any atom is 0.0459 e. The van der Waals surface area contributed by atoms with Gasteiger partial charge in [-0.25, -0.2) is 0 Å². The smallest absolute Gasteiger partial charge is 0.0459 e. The van der Waals surface area contributed by atoms with E-state index < -0.39 is 0 Å². The van der Waals surface area contributed by atoms with E-state index >= 15 is 0 Å². The van der Waals surface area contributed by atoms with Crippen molar-refractivity contribution in [2.45, 2.75) is 24.8 Å². The molecule has 3 atom stereocenters. The molecule has 1 fully saturated rings. The lowest BCUT2D eigenvalue weighted by atomic mass is 9.73. The topological polar surface area (TPSA) is 19.0 Å². The van der Waals surface area contributed by atoms with Gasteiger partial charge in [-0.3, -0.25) is 0 Å². The van der Waals surface area contributed by atoms with Crippen LogP contribution >= 0.6 is 11.8 Å². The van der Waals surface area contributed by atoms with Crippen LogP contribution in [-0.4, -0.2) is 41.5 Å². The zero-order valence-corrected chi connectivity index (χ0v) is 13.0. The van der Waals surface area contributed by atoms with Crippen LogP contribution in [0, 0.1) is 5.92 Å². The summed E-state index contributed by atoms with van der Waals surface area (Å²) >= 11 is 2.00. The van der Waals surface area contributed by atoms with Gasteiger partial charge in [0.2, 0.25) is 0 Å². The highest BCUT2D eigenvalue weighted by molar-refractivity contribution is 7.98. The molecule has 106 valence electrons. The molecule has 0 spiro atoms. The van der Waals surface area contributed by atoms with Gasteiger partial charge in [0.15, 0.2) is 0 Å². The number of benzene rings is 1. The minimum absolute atomic E-state index is 0.696. The minimum atomic E-state index is 0.696. The van der Waals surface area contributed by atoms with Crippen LogP contribution in [0.15, 0.2) is 24.4 Å². The maximum absolute atomic E-state index is 3.46. The summed E-state index contributed by atoms with van der Waals surface area (Å²) in [6, 6.07) is 7.50. The molecular formula is C17H22N2S. The predicted octanol–water partition coefficient (Wildman–Crippen LogP) is 3.49. The van der Waals surface area contributed by atoms with E-state index in [0.29, 0.717) is 6.04 Å². The fourth-order valence-corrected chi connectivity index (χ4v) is 5.12. The number of fused-ring (bicyclic) bond motifs is 2. The van der Waals surface area contributed by atoms with Crippen LogP contribution in [0.2, 0.25) is 0 Å². The Kier molecular flexibility index (Phi) is 3.08. The number of rotatable bonds is 2. The minimum Gasteiger partial charge on any atom is -0.361 e. The standard InChI is InChI=1S/C17H22N2S/c1-19-9-11(10-20-2)6-14-13-4-3-5-15-17(13)12(8-18-15)7-16(14)19/h3-5,8,11,14,16,18H,6-7,9-10H2,1-2H3/t11-,14-,16-/m1/s1. The Hall–Kier alpha value is -0.930. The lowest BCUT2D eigenvalue weighted by Gasteiger charge is -2.45. The molecule has 1 aliphatic carbocycles. The lowest BCUT2D eigenvalue weighted by molar-refractivity contribution is 0.121. The number of piperidine rings is 1. The molecule has 20 heavy (non-hydrogen) atoms. The van der Waals surface area contributed by atoms with Gasteiger partial charge in [-0.2, -0.15) is 11.8 Å². The second-order valence-corrected chi connectivity index (χ2v) is 7.37. The summed E-state index contributed by atoms with van der Waals surface area (Å²) in [5.41, 5.74) is 4.44. The molecule has 2 aromatic rings. The van der Waals surface area contributed by atoms with Gasteiger partial charge in [0.25, 0.3) is 0 Å². The van der Waals surface area contributed by atoms with E-state index in [9.17, 15) is 0 Å². The first-order valence-corrected chi connectivity index (χ1v) is 8.95. The van der Waals surface area contributed by atoms with Crippen LogP contribution in [-0.2, 0) is 6.42 Å². The number of thioether (sulfide) groups is 1. The molecule has 3 heteroatoms. The van der Waals surface area contributed by atoms with Crippen molar-refractivity contribution in [3.05, 3.63) is 35.5 Å². The largest absolute Gasteiger partial charge is 0.361 e. The first-order chi connectivity index (χ1) is 9.78.